The van der Waals surface area contributed by atoms with E-state index in [1.807, 2.05) is 6.07 Å². The van der Waals surface area contributed by atoms with Crippen molar-refractivity contribution in [2.45, 2.75) is 59.4 Å². The molecule has 1 rings (SSSR count). The fraction of sp³-hybridized carbons (Fsp3) is 0.750. The molecule has 4 nitrogen and oxygen atoms in total. The molecule has 0 aromatic carbocycles. The third-order valence-electron chi connectivity index (χ3n) is 3.43. The summed E-state index contributed by atoms with van der Waals surface area (Å²) in [5.41, 5.74) is 1.07. The Labute approximate surface area is 123 Å². The molecule has 0 bridgehead atoms. The number of nitrogens with zero attached hydrogens (tertiary/aromatic N) is 2. The quantitative estimate of drug-likeness (QED) is 0.752. The average Bonchev–Trinajstić information content (AvgIpc) is 2.43. The van der Waals surface area contributed by atoms with Crippen molar-refractivity contribution in [3.8, 4) is 5.88 Å². The van der Waals surface area contributed by atoms with Gasteiger partial charge in [0.15, 0.2) is 0 Å². The van der Waals surface area contributed by atoms with Crippen molar-refractivity contribution in [1.29, 1.82) is 0 Å². The largest absolute Gasteiger partial charge is 0.478 e. The number of rotatable bonds is 9. The van der Waals surface area contributed by atoms with Crippen LogP contribution < -0.4 is 10.1 Å². The van der Waals surface area contributed by atoms with Crippen molar-refractivity contribution in [1.82, 2.24) is 15.3 Å². The van der Waals surface area contributed by atoms with E-state index in [0.717, 1.165) is 25.1 Å². The Morgan fingerprint density at radius 2 is 1.90 bits per heavy atom. The van der Waals surface area contributed by atoms with Crippen molar-refractivity contribution < 1.29 is 4.74 Å². The maximum absolute atomic E-state index is 5.62. The van der Waals surface area contributed by atoms with Gasteiger partial charge in [-0.15, -0.1) is 0 Å². The summed E-state index contributed by atoms with van der Waals surface area (Å²) in [6.45, 7) is 12.7. The van der Waals surface area contributed by atoms with Gasteiger partial charge in [-0.3, -0.25) is 0 Å². The maximum Gasteiger partial charge on any atom is 0.216 e. The third-order valence-corrected chi connectivity index (χ3v) is 3.43. The standard InChI is InChI=1S/C16H29N3O/c1-6-8-17-13(5)16(12(3)4)14-10-15(19-11-18-14)20-9-7-2/h10-13,16-17H,6-9H2,1-5H3. The summed E-state index contributed by atoms with van der Waals surface area (Å²) in [6.07, 6.45) is 3.74. The van der Waals surface area contributed by atoms with Crippen LogP contribution in [0.25, 0.3) is 0 Å². The molecule has 1 aromatic heterocycles. The van der Waals surface area contributed by atoms with Gasteiger partial charge >= 0.3 is 0 Å². The molecule has 0 aliphatic rings. The first-order valence-electron chi connectivity index (χ1n) is 7.78. The molecule has 20 heavy (non-hydrogen) atoms. The second-order valence-corrected chi connectivity index (χ2v) is 5.64. The molecule has 1 N–H and O–H groups in total. The summed E-state index contributed by atoms with van der Waals surface area (Å²) < 4.78 is 5.62. The Morgan fingerprint density at radius 1 is 1.15 bits per heavy atom. The number of aromatic nitrogens is 2. The number of nitrogens with one attached hydrogen (secondary N) is 1. The molecule has 1 aromatic rings. The van der Waals surface area contributed by atoms with E-state index in [9.17, 15) is 0 Å². The summed E-state index contributed by atoms with van der Waals surface area (Å²) in [5, 5.41) is 3.57. The first kappa shape index (κ1) is 16.9. The molecule has 2 unspecified atom stereocenters. The normalized spacial score (nSPS) is 14.3. The Hall–Kier alpha value is -1.16. The van der Waals surface area contributed by atoms with E-state index in [2.05, 4.69) is 49.9 Å². The molecule has 0 saturated heterocycles. The van der Waals surface area contributed by atoms with Gasteiger partial charge in [0.25, 0.3) is 0 Å². The highest BCUT2D eigenvalue weighted by Crippen LogP contribution is 2.27. The highest BCUT2D eigenvalue weighted by molar-refractivity contribution is 5.19. The minimum atomic E-state index is 0.369. The van der Waals surface area contributed by atoms with Gasteiger partial charge in [0.05, 0.1) is 12.3 Å². The van der Waals surface area contributed by atoms with Crippen LogP contribution in [-0.2, 0) is 0 Å². The summed E-state index contributed by atoms with van der Waals surface area (Å²) in [4.78, 5) is 8.65. The van der Waals surface area contributed by atoms with Crippen LogP contribution in [0.5, 0.6) is 5.88 Å². The molecule has 2 atom stereocenters. The smallest absolute Gasteiger partial charge is 0.216 e. The van der Waals surface area contributed by atoms with Gasteiger partial charge in [0, 0.05) is 18.0 Å². The van der Waals surface area contributed by atoms with Gasteiger partial charge < -0.3 is 10.1 Å². The predicted molar refractivity (Wildman–Crippen MR) is 83.2 cm³/mol. The van der Waals surface area contributed by atoms with Crippen LogP contribution in [0.4, 0.5) is 0 Å². The molecule has 4 heteroatoms. The lowest BCUT2D eigenvalue weighted by atomic mass is 9.86. The zero-order valence-corrected chi connectivity index (χ0v) is 13.5. The van der Waals surface area contributed by atoms with Crippen molar-refractivity contribution in [3.05, 3.63) is 18.1 Å². The molecular formula is C16H29N3O. The fourth-order valence-electron chi connectivity index (χ4n) is 2.50. The summed E-state index contributed by atoms with van der Waals surface area (Å²) in [7, 11) is 0. The zero-order chi connectivity index (χ0) is 15.0. The van der Waals surface area contributed by atoms with E-state index in [1.54, 1.807) is 6.33 Å². The number of ether oxygens (including phenoxy) is 1. The summed E-state index contributed by atoms with van der Waals surface area (Å²) >= 11 is 0. The van der Waals surface area contributed by atoms with Crippen LogP contribution in [-0.4, -0.2) is 29.2 Å². The van der Waals surface area contributed by atoms with Crippen LogP contribution in [0, 0.1) is 5.92 Å². The fourth-order valence-corrected chi connectivity index (χ4v) is 2.50. The lowest BCUT2D eigenvalue weighted by Crippen LogP contribution is -2.35. The van der Waals surface area contributed by atoms with Crippen molar-refractivity contribution in [3.63, 3.8) is 0 Å². The third kappa shape index (κ3) is 5.08. The highest BCUT2D eigenvalue weighted by Gasteiger charge is 2.24. The zero-order valence-electron chi connectivity index (χ0n) is 13.5. The van der Waals surface area contributed by atoms with Crippen LogP contribution >= 0.6 is 0 Å². The van der Waals surface area contributed by atoms with Gasteiger partial charge in [-0.1, -0.05) is 27.7 Å². The lowest BCUT2D eigenvalue weighted by molar-refractivity contribution is 0.301. The summed E-state index contributed by atoms with van der Waals surface area (Å²) in [6, 6.07) is 2.38. The predicted octanol–water partition coefficient (Wildman–Crippen LogP) is 3.39. The van der Waals surface area contributed by atoms with Crippen molar-refractivity contribution >= 4 is 0 Å². The Kier molecular flexibility index (Phi) is 7.52. The van der Waals surface area contributed by atoms with E-state index < -0.39 is 0 Å². The van der Waals surface area contributed by atoms with Gasteiger partial charge in [-0.2, -0.15) is 0 Å². The molecule has 0 saturated carbocycles. The number of hydrogen-bond acceptors (Lipinski definition) is 4. The minimum absolute atomic E-state index is 0.369. The van der Waals surface area contributed by atoms with Crippen molar-refractivity contribution in [2.24, 2.45) is 5.92 Å². The van der Waals surface area contributed by atoms with E-state index in [0.29, 0.717) is 30.4 Å². The SMILES string of the molecule is CCCNC(C)C(c1cc(OCCC)ncn1)C(C)C. The van der Waals surface area contributed by atoms with Crippen LogP contribution in [0.15, 0.2) is 12.4 Å². The Morgan fingerprint density at radius 3 is 2.50 bits per heavy atom. The number of hydrogen-bond donors (Lipinski definition) is 1. The first-order valence-corrected chi connectivity index (χ1v) is 7.78. The minimum Gasteiger partial charge on any atom is -0.478 e. The molecule has 0 radical (unpaired) electrons. The molecular weight excluding hydrogens is 250 g/mol. The molecule has 0 aliphatic carbocycles. The maximum atomic E-state index is 5.62. The molecule has 114 valence electrons. The average molecular weight is 279 g/mol. The molecule has 0 amide bonds. The van der Waals surface area contributed by atoms with Crippen LogP contribution in [0.2, 0.25) is 0 Å². The van der Waals surface area contributed by atoms with Gasteiger partial charge in [-0.25, -0.2) is 9.97 Å². The van der Waals surface area contributed by atoms with E-state index in [4.69, 9.17) is 4.74 Å². The van der Waals surface area contributed by atoms with E-state index in [1.165, 1.54) is 0 Å². The Balaban J connectivity index is 2.85. The lowest BCUT2D eigenvalue weighted by Gasteiger charge is -2.28. The van der Waals surface area contributed by atoms with Crippen LogP contribution in [0.1, 0.15) is 59.1 Å². The highest BCUT2D eigenvalue weighted by atomic mass is 16.5. The van der Waals surface area contributed by atoms with Gasteiger partial charge in [0.2, 0.25) is 5.88 Å². The van der Waals surface area contributed by atoms with Gasteiger partial charge in [0.1, 0.15) is 6.33 Å². The molecule has 0 spiro atoms. The molecule has 0 fully saturated rings. The van der Waals surface area contributed by atoms with Gasteiger partial charge in [-0.05, 0) is 32.2 Å². The topological polar surface area (TPSA) is 47.0 Å². The van der Waals surface area contributed by atoms with Crippen LogP contribution in [0.3, 0.4) is 0 Å². The second kappa shape index (κ2) is 8.90. The second-order valence-electron chi connectivity index (χ2n) is 5.64. The molecule has 0 aliphatic heterocycles. The first-order chi connectivity index (χ1) is 9.60. The van der Waals surface area contributed by atoms with E-state index >= 15 is 0 Å². The molecule has 1 heterocycles. The Bertz CT molecular complexity index is 382. The van der Waals surface area contributed by atoms with E-state index in [-0.39, 0.29) is 0 Å². The monoisotopic (exact) mass is 279 g/mol. The van der Waals surface area contributed by atoms with Crippen molar-refractivity contribution in [2.75, 3.05) is 13.2 Å². The summed E-state index contributed by atoms with van der Waals surface area (Å²) in [5.74, 6) is 1.57.